The van der Waals surface area contributed by atoms with Crippen molar-refractivity contribution in [3.63, 3.8) is 0 Å². The summed E-state index contributed by atoms with van der Waals surface area (Å²) in [7, 11) is -3.46. The predicted octanol–water partition coefficient (Wildman–Crippen LogP) is 2.52. The van der Waals surface area contributed by atoms with Crippen molar-refractivity contribution in [2.45, 2.75) is 37.9 Å². The molecule has 1 aliphatic rings. The van der Waals surface area contributed by atoms with E-state index < -0.39 is 32.6 Å². The van der Waals surface area contributed by atoms with Gasteiger partial charge in [0.15, 0.2) is 9.84 Å². The molecule has 0 aliphatic heterocycles. The maximum absolute atomic E-state index is 13.3. The maximum atomic E-state index is 13.3. The Morgan fingerprint density at radius 1 is 1.36 bits per heavy atom. The number of hydrogen-bond donors (Lipinski definition) is 1. The zero-order valence-corrected chi connectivity index (χ0v) is 13.3. The van der Waals surface area contributed by atoms with Gasteiger partial charge in [-0.25, -0.2) is 12.8 Å². The van der Waals surface area contributed by atoms with Crippen LogP contribution in [0.4, 0.5) is 10.1 Å². The molecule has 1 aromatic rings. The number of carbonyl (C=O) groups is 1. The third kappa shape index (κ3) is 4.19. The summed E-state index contributed by atoms with van der Waals surface area (Å²) in [5, 5.41) is 2.00. The van der Waals surface area contributed by atoms with Crippen molar-refractivity contribution in [3.05, 3.63) is 24.0 Å². The van der Waals surface area contributed by atoms with E-state index in [0.717, 1.165) is 18.9 Å². The normalized spacial score (nSPS) is 15.7. The molecule has 1 fully saturated rings. The Morgan fingerprint density at radius 3 is 2.68 bits per heavy atom. The third-order valence-corrected chi connectivity index (χ3v) is 5.81. The lowest BCUT2D eigenvalue weighted by Gasteiger charge is -2.13. The van der Waals surface area contributed by atoms with Gasteiger partial charge in [0.25, 0.3) is 0 Å². The smallest absolute Gasteiger partial charge is 0.239 e. The molecule has 1 saturated carbocycles. The van der Waals surface area contributed by atoms with Gasteiger partial charge in [0, 0.05) is 6.07 Å². The van der Waals surface area contributed by atoms with Gasteiger partial charge in [0.05, 0.1) is 17.5 Å². The molecule has 1 amide bonds. The van der Waals surface area contributed by atoms with Gasteiger partial charge in [-0.05, 0) is 31.9 Å². The molecular weight excluding hydrogens is 309 g/mol. The summed E-state index contributed by atoms with van der Waals surface area (Å²) in [6.07, 6.45) is 2.98. The molecule has 5 nitrogen and oxygen atoms in total. The average Bonchev–Trinajstić information content (AvgIpc) is 2.96. The van der Waals surface area contributed by atoms with Crippen molar-refractivity contribution < 1.29 is 22.3 Å². The van der Waals surface area contributed by atoms with Gasteiger partial charge < -0.3 is 10.1 Å². The van der Waals surface area contributed by atoms with Crippen LogP contribution < -0.4 is 10.1 Å². The molecule has 1 aliphatic carbocycles. The van der Waals surface area contributed by atoms with E-state index in [2.05, 4.69) is 5.32 Å². The van der Waals surface area contributed by atoms with Crippen LogP contribution in [0.2, 0.25) is 0 Å². The first-order chi connectivity index (χ1) is 10.4. The van der Waals surface area contributed by atoms with Crippen LogP contribution in [-0.2, 0) is 14.6 Å². The summed E-state index contributed by atoms with van der Waals surface area (Å²) < 4.78 is 42.9. The highest BCUT2D eigenvalue weighted by molar-refractivity contribution is 7.92. The van der Waals surface area contributed by atoms with Crippen LogP contribution in [0.1, 0.15) is 32.6 Å². The monoisotopic (exact) mass is 329 g/mol. The molecule has 122 valence electrons. The predicted molar refractivity (Wildman–Crippen MR) is 82.2 cm³/mol. The molecule has 0 bridgehead atoms. The molecule has 22 heavy (non-hydrogen) atoms. The number of nitrogens with one attached hydrogen (secondary N) is 1. The Bertz CT molecular complexity index is 639. The fourth-order valence-electron chi connectivity index (χ4n) is 2.62. The van der Waals surface area contributed by atoms with Gasteiger partial charge in [-0.15, -0.1) is 0 Å². The quantitative estimate of drug-likeness (QED) is 0.870. The third-order valence-electron chi connectivity index (χ3n) is 3.66. The van der Waals surface area contributed by atoms with Gasteiger partial charge in [0.2, 0.25) is 5.91 Å². The number of ether oxygens (including phenoxy) is 1. The van der Waals surface area contributed by atoms with Gasteiger partial charge >= 0.3 is 0 Å². The van der Waals surface area contributed by atoms with Crippen LogP contribution in [0.3, 0.4) is 0 Å². The van der Waals surface area contributed by atoms with Crippen molar-refractivity contribution >= 4 is 21.4 Å². The lowest BCUT2D eigenvalue weighted by atomic mass is 10.3. The minimum absolute atomic E-state index is 0.147. The molecule has 0 spiro atoms. The SMILES string of the molecule is CCOc1ccc(F)cc1NC(=O)CS(=O)(=O)C1CCCC1. The first-order valence-electron chi connectivity index (χ1n) is 7.36. The second-order valence-corrected chi connectivity index (χ2v) is 7.62. The topological polar surface area (TPSA) is 72.5 Å². The lowest BCUT2D eigenvalue weighted by Crippen LogP contribution is -2.29. The van der Waals surface area contributed by atoms with E-state index in [1.165, 1.54) is 12.1 Å². The number of carbonyl (C=O) groups excluding carboxylic acids is 1. The number of benzene rings is 1. The fourth-order valence-corrected chi connectivity index (χ4v) is 4.34. The Kier molecular flexibility index (Phi) is 5.39. The summed E-state index contributed by atoms with van der Waals surface area (Å²) >= 11 is 0. The molecule has 0 heterocycles. The van der Waals surface area contributed by atoms with E-state index >= 15 is 0 Å². The zero-order chi connectivity index (χ0) is 16.2. The summed E-state index contributed by atoms with van der Waals surface area (Å²) in [6, 6.07) is 3.74. The van der Waals surface area contributed by atoms with Crippen LogP contribution in [-0.4, -0.2) is 31.9 Å². The largest absolute Gasteiger partial charge is 0.492 e. The van der Waals surface area contributed by atoms with Crippen molar-refractivity contribution in [2.24, 2.45) is 0 Å². The van der Waals surface area contributed by atoms with Gasteiger partial charge in [-0.2, -0.15) is 0 Å². The molecule has 1 aromatic carbocycles. The molecule has 1 N–H and O–H groups in total. The minimum Gasteiger partial charge on any atom is -0.492 e. The molecule has 0 aromatic heterocycles. The molecule has 0 atom stereocenters. The average molecular weight is 329 g/mol. The zero-order valence-electron chi connectivity index (χ0n) is 12.5. The summed E-state index contributed by atoms with van der Waals surface area (Å²) in [5.41, 5.74) is 0.147. The van der Waals surface area contributed by atoms with Crippen LogP contribution >= 0.6 is 0 Å². The molecule has 0 unspecified atom stereocenters. The first kappa shape index (κ1) is 16.7. The molecule has 7 heteroatoms. The van der Waals surface area contributed by atoms with Crippen LogP contribution in [0.25, 0.3) is 0 Å². The van der Waals surface area contributed by atoms with Crippen molar-refractivity contribution in [1.29, 1.82) is 0 Å². The van der Waals surface area contributed by atoms with Gasteiger partial charge in [0.1, 0.15) is 17.3 Å². The lowest BCUT2D eigenvalue weighted by molar-refractivity contribution is -0.113. The second kappa shape index (κ2) is 7.09. The highest BCUT2D eigenvalue weighted by atomic mass is 32.2. The van der Waals surface area contributed by atoms with Gasteiger partial charge in [-0.3, -0.25) is 4.79 Å². The maximum Gasteiger partial charge on any atom is 0.239 e. The standard InChI is InChI=1S/C15H20FNO4S/c1-2-21-14-8-7-11(16)9-13(14)17-15(18)10-22(19,20)12-5-3-4-6-12/h7-9,12H,2-6,10H2,1H3,(H,17,18). The number of halogens is 1. The highest BCUT2D eigenvalue weighted by Gasteiger charge is 2.30. The molecule has 2 rings (SSSR count). The van der Waals surface area contributed by atoms with E-state index in [-0.39, 0.29) is 5.69 Å². The Hall–Kier alpha value is -1.63. The fraction of sp³-hybridized carbons (Fsp3) is 0.533. The number of rotatable bonds is 6. The number of amides is 1. The first-order valence-corrected chi connectivity index (χ1v) is 9.07. The van der Waals surface area contributed by atoms with Crippen LogP contribution in [0.5, 0.6) is 5.75 Å². The van der Waals surface area contributed by atoms with E-state index in [0.29, 0.717) is 25.2 Å². The van der Waals surface area contributed by atoms with E-state index in [4.69, 9.17) is 4.74 Å². The molecule has 0 saturated heterocycles. The van der Waals surface area contributed by atoms with Crippen molar-refractivity contribution in [3.8, 4) is 5.75 Å². The second-order valence-electron chi connectivity index (χ2n) is 5.34. The van der Waals surface area contributed by atoms with Crippen molar-refractivity contribution in [2.75, 3.05) is 17.7 Å². The Balaban J connectivity index is 2.07. The molecular formula is C15H20FNO4S. The van der Waals surface area contributed by atoms with Crippen molar-refractivity contribution in [1.82, 2.24) is 0 Å². The van der Waals surface area contributed by atoms with E-state index in [1.54, 1.807) is 6.92 Å². The summed E-state index contributed by atoms with van der Waals surface area (Å²) in [6.45, 7) is 2.12. The summed E-state index contributed by atoms with van der Waals surface area (Å²) in [5.74, 6) is -1.47. The minimum atomic E-state index is -3.46. The highest BCUT2D eigenvalue weighted by Crippen LogP contribution is 2.27. The van der Waals surface area contributed by atoms with E-state index in [9.17, 15) is 17.6 Å². The van der Waals surface area contributed by atoms with Crippen LogP contribution in [0, 0.1) is 5.82 Å². The number of sulfone groups is 1. The number of anilines is 1. The van der Waals surface area contributed by atoms with E-state index in [1.807, 2.05) is 0 Å². The Morgan fingerprint density at radius 2 is 2.05 bits per heavy atom. The number of hydrogen-bond acceptors (Lipinski definition) is 4. The van der Waals surface area contributed by atoms with Gasteiger partial charge in [-0.1, -0.05) is 12.8 Å². The Labute approximate surface area is 129 Å². The van der Waals surface area contributed by atoms with Crippen LogP contribution in [0.15, 0.2) is 18.2 Å². The summed E-state index contributed by atoms with van der Waals surface area (Å²) in [4.78, 5) is 12.0. The molecule has 0 radical (unpaired) electrons.